The largest absolute Gasteiger partial charge is 0.482 e. The summed E-state index contributed by atoms with van der Waals surface area (Å²) in [6.07, 6.45) is 0. The topological polar surface area (TPSA) is 52.1 Å². The number of aliphatic imine (C=N–C) groups is 1. The molecule has 7 heteroatoms. The average molecular weight is 381 g/mol. The second kappa shape index (κ2) is 7.52. The van der Waals surface area contributed by atoms with Crippen molar-refractivity contribution < 1.29 is 14.2 Å². The molecule has 0 spiro atoms. The summed E-state index contributed by atoms with van der Waals surface area (Å²) < 4.78 is 18.2. The Kier molecular flexibility index (Phi) is 5.37. The molecule has 25 heavy (non-hydrogen) atoms. The maximum absolute atomic E-state index is 6.18. The molecule has 1 unspecified atom stereocenters. The molecule has 0 radical (unpaired) electrons. The summed E-state index contributed by atoms with van der Waals surface area (Å²) in [6.45, 7) is 2.08. The van der Waals surface area contributed by atoms with Gasteiger partial charge in [-0.3, -0.25) is 4.99 Å². The van der Waals surface area contributed by atoms with E-state index in [9.17, 15) is 0 Å². The van der Waals surface area contributed by atoms with Crippen molar-refractivity contribution in [2.75, 3.05) is 19.7 Å². The highest BCUT2D eigenvalue weighted by molar-refractivity contribution is 6.30. The van der Waals surface area contributed by atoms with Gasteiger partial charge in [0, 0.05) is 11.6 Å². The predicted octanol–water partition coefficient (Wildman–Crippen LogP) is 3.45. The van der Waals surface area contributed by atoms with Gasteiger partial charge < -0.3 is 19.5 Å². The Balaban J connectivity index is 0.00000182. The lowest BCUT2D eigenvalue weighted by molar-refractivity contribution is -0.172. The van der Waals surface area contributed by atoms with Gasteiger partial charge in [0.1, 0.15) is 0 Å². The summed E-state index contributed by atoms with van der Waals surface area (Å²) in [4.78, 5) is 4.49. The minimum Gasteiger partial charge on any atom is -0.482 e. The van der Waals surface area contributed by atoms with Gasteiger partial charge in [0.25, 0.3) is 0 Å². The Morgan fingerprint density at radius 2 is 1.88 bits per heavy atom. The molecule has 2 heterocycles. The van der Waals surface area contributed by atoms with Crippen LogP contribution in [-0.2, 0) is 11.3 Å². The molecule has 0 amide bonds. The van der Waals surface area contributed by atoms with Gasteiger partial charge in [-0.05, 0) is 29.8 Å². The van der Waals surface area contributed by atoms with Crippen LogP contribution in [0.2, 0.25) is 5.02 Å². The van der Waals surface area contributed by atoms with E-state index >= 15 is 0 Å². The number of hydrogen-bond acceptors (Lipinski definition) is 5. The fraction of sp³-hybridized carbons (Fsp3) is 0.278. The molecule has 0 bridgehead atoms. The van der Waals surface area contributed by atoms with Gasteiger partial charge >= 0.3 is 5.79 Å². The maximum Gasteiger partial charge on any atom is 0.304 e. The standard InChI is InChI=1S/C18H17ClN2O3.ClH/c19-14-7-5-13(6-8-14)11-23-18(17-20-9-10-21-17)12-22-15-3-1-2-4-16(15)24-18;/h1-8H,9-12H2,(H,20,21);1H. The second-order valence-corrected chi connectivity index (χ2v) is 6.10. The van der Waals surface area contributed by atoms with E-state index in [1.807, 2.05) is 48.5 Å². The number of para-hydroxylation sites is 2. The fourth-order valence-corrected chi connectivity index (χ4v) is 2.85. The van der Waals surface area contributed by atoms with Crippen molar-refractivity contribution >= 4 is 29.8 Å². The van der Waals surface area contributed by atoms with Gasteiger partial charge in [0.05, 0.1) is 13.2 Å². The molecule has 0 saturated carbocycles. The SMILES string of the molecule is Cl.Clc1ccc(COC2(C3=NCCN3)COc3ccccc3O2)cc1. The van der Waals surface area contributed by atoms with Crippen molar-refractivity contribution in [3.8, 4) is 11.5 Å². The van der Waals surface area contributed by atoms with Gasteiger partial charge in [0.15, 0.2) is 23.9 Å². The van der Waals surface area contributed by atoms with E-state index in [0.717, 1.165) is 12.1 Å². The summed E-state index contributed by atoms with van der Waals surface area (Å²) in [5.74, 6) is 0.967. The fourth-order valence-electron chi connectivity index (χ4n) is 2.72. The zero-order chi connectivity index (χ0) is 16.4. The number of halogens is 2. The van der Waals surface area contributed by atoms with E-state index in [2.05, 4.69) is 10.3 Å². The van der Waals surface area contributed by atoms with Gasteiger partial charge in [-0.2, -0.15) is 0 Å². The highest BCUT2D eigenvalue weighted by Gasteiger charge is 2.45. The lowest BCUT2D eigenvalue weighted by Crippen LogP contribution is -2.57. The van der Waals surface area contributed by atoms with Crippen LogP contribution in [0.4, 0.5) is 0 Å². The minimum absolute atomic E-state index is 0. The molecular weight excluding hydrogens is 363 g/mol. The number of amidine groups is 1. The first-order valence-corrected chi connectivity index (χ1v) is 8.21. The van der Waals surface area contributed by atoms with Crippen LogP contribution in [0.1, 0.15) is 5.56 Å². The predicted molar refractivity (Wildman–Crippen MR) is 99.1 cm³/mol. The number of fused-ring (bicyclic) bond motifs is 1. The molecule has 5 nitrogen and oxygen atoms in total. The number of rotatable bonds is 4. The van der Waals surface area contributed by atoms with Crippen molar-refractivity contribution in [2.24, 2.45) is 4.99 Å². The Morgan fingerprint density at radius 3 is 2.60 bits per heavy atom. The summed E-state index contributed by atoms with van der Waals surface area (Å²) in [7, 11) is 0. The lowest BCUT2D eigenvalue weighted by Gasteiger charge is -2.37. The van der Waals surface area contributed by atoms with Gasteiger partial charge in [-0.1, -0.05) is 35.9 Å². The van der Waals surface area contributed by atoms with E-state index in [1.165, 1.54) is 0 Å². The first-order chi connectivity index (χ1) is 11.8. The van der Waals surface area contributed by atoms with E-state index in [0.29, 0.717) is 35.5 Å². The monoisotopic (exact) mass is 380 g/mol. The quantitative estimate of drug-likeness (QED) is 0.882. The number of hydrogen-bond donors (Lipinski definition) is 1. The summed E-state index contributed by atoms with van der Waals surface area (Å²) in [6, 6.07) is 15.1. The number of nitrogens with one attached hydrogen (secondary N) is 1. The molecule has 2 aliphatic heterocycles. The van der Waals surface area contributed by atoms with Crippen LogP contribution in [0.5, 0.6) is 11.5 Å². The third-order valence-corrected chi connectivity index (χ3v) is 4.21. The zero-order valence-corrected chi connectivity index (χ0v) is 15.0. The molecule has 0 aliphatic carbocycles. The van der Waals surface area contributed by atoms with Crippen LogP contribution < -0.4 is 14.8 Å². The number of ether oxygens (including phenoxy) is 3. The Bertz CT molecular complexity index is 767. The zero-order valence-electron chi connectivity index (χ0n) is 13.4. The van der Waals surface area contributed by atoms with Gasteiger partial charge in [-0.15, -0.1) is 12.4 Å². The van der Waals surface area contributed by atoms with Crippen molar-refractivity contribution in [1.29, 1.82) is 0 Å². The molecule has 2 aromatic rings. The van der Waals surface area contributed by atoms with Crippen LogP contribution in [0.3, 0.4) is 0 Å². The lowest BCUT2D eigenvalue weighted by atomic mass is 10.2. The minimum atomic E-state index is -1.06. The first-order valence-electron chi connectivity index (χ1n) is 7.83. The van der Waals surface area contributed by atoms with Crippen molar-refractivity contribution in [2.45, 2.75) is 12.4 Å². The molecule has 4 rings (SSSR count). The van der Waals surface area contributed by atoms with Crippen LogP contribution in [0, 0.1) is 0 Å². The molecule has 132 valence electrons. The Hall–Kier alpha value is -1.95. The summed E-state index contributed by atoms with van der Waals surface area (Å²) >= 11 is 5.93. The van der Waals surface area contributed by atoms with Crippen molar-refractivity contribution in [1.82, 2.24) is 5.32 Å². The second-order valence-electron chi connectivity index (χ2n) is 5.66. The molecule has 0 saturated heterocycles. The Morgan fingerprint density at radius 1 is 1.12 bits per heavy atom. The molecule has 1 N–H and O–H groups in total. The van der Waals surface area contributed by atoms with Gasteiger partial charge in [0.2, 0.25) is 0 Å². The molecule has 2 aromatic carbocycles. The Labute approximate surface area is 157 Å². The normalized spacial score (nSPS) is 21.1. The van der Waals surface area contributed by atoms with E-state index in [1.54, 1.807) is 0 Å². The molecule has 0 aromatic heterocycles. The van der Waals surface area contributed by atoms with Crippen LogP contribution in [0.15, 0.2) is 53.5 Å². The average Bonchev–Trinajstić information content (AvgIpc) is 3.16. The highest BCUT2D eigenvalue weighted by Crippen LogP contribution is 2.36. The van der Waals surface area contributed by atoms with Crippen molar-refractivity contribution in [3.63, 3.8) is 0 Å². The molecular formula is C18H18Cl2N2O3. The maximum atomic E-state index is 6.18. The first kappa shape index (κ1) is 17.9. The number of nitrogens with zero attached hydrogens (tertiary/aromatic N) is 1. The third kappa shape index (κ3) is 3.68. The number of benzene rings is 2. The summed E-state index contributed by atoms with van der Waals surface area (Å²) in [5.41, 5.74) is 1.000. The van der Waals surface area contributed by atoms with E-state index in [-0.39, 0.29) is 19.0 Å². The highest BCUT2D eigenvalue weighted by atomic mass is 35.5. The van der Waals surface area contributed by atoms with Crippen molar-refractivity contribution in [3.05, 3.63) is 59.1 Å². The smallest absolute Gasteiger partial charge is 0.304 e. The molecule has 0 fully saturated rings. The molecule has 2 aliphatic rings. The van der Waals surface area contributed by atoms with Crippen LogP contribution >= 0.6 is 24.0 Å². The molecule has 1 atom stereocenters. The summed E-state index contributed by atoms with van der Waals surface area (Å²) in [5, 5.41) is 3.94. The van der Waals surface area contributed by atoms with Crippen LogP contribution in [0.25, 0.3) is 0 Å². The van der Waals surface area contributed by atoms with Gasteiger partial charge in [-0.25, -0.2) is 0 Å². The van der Waals surface area contributed by atoms with E-state index in [4.69, 9.17) is 25.8 Å². The van der Waals surface area contributed by atoms with E-state index < -0.39 is 5.79 Å². The van der Waals surface area contributed by atoms with Crippen LogP contribution in [-0.4, -0.2) is 31.3 Å². The third-order valence-electron chi connectivity index (χ3n) is 3.96.